The van der Waals surface area contributed by atoms with E-state index in [1.54, 1.807) is 30.3 Å². The number of carboxylic acids is 1. The SMILES string of the molecule is O=C(CC1OC(COP(=O)(O)O)C(O)C(O)C1O)NC(Cc1ccccc1)C(=O)O.[H-].[Na+]. The van der Waals surface area contributed by atoms with Gasteiger partial charge in [0.2, 0.25) is 5.91 Å². The standard InChI is InChI=1S/C17H24NO11P.Na.H/c19-13(18-10(17(23)24)6-9-4-2-1-3-5-9)7-11-14(20)16(22)15(21)12(29-11)8-28-30(25,26)27;;/h1-5,10-12,14-16,20-22H,6-8H2,(H,18,19)(H,23,24)(H2,25,26,27);;/q;+1;-1. The van der Waals surface area contributed by atoms with E-state index in [2.05, 4.69) is 9.84 Å². The molecule has 1 amide bonds. The Bertz CT molecular complexity index is 783. The molecule has 1 aliphatic heterocycles. The average molecular weight is 473 g/mol. The largest absolute Gasteiger partial charge is 1.00 e. The first-order valence-corrected chi connectivity index (χ1v) is 10.5. The Morgan fingerprint density at radius 3 is 2.23 bits per heavy atom. The van der Waals surface area contributed by atoms with Crippen molar-refractivity contribution in [1.82, 2.24) is 5.32 Å². The summed E-state index contributed by atoms with van der Waals surface area (Å²) in [5.41, 5.74) is 0.673. The van der Waals surface area contributed by atoms with E-state index in [0.717, 1.165) is 0 Å². The molecule has 6 atom stereocenters. The third-order valence-corrected chi connectivity index (χ3v) is 5.01. The summed E-state index contributed by atoms with van der Waals surface area (Å²) >= 11 is 0. The molecule has 31 heavy (non-hydrogen) atoms. The fourth-order valence-electron chi connectivity index (χ4n) is 2.99. The zero-order chi connectivity index (χ0) is 22.5. The molecule has 1 heterocycles. The van der Waals surface area contributed by atoms with Crippen LogP contribution in [-0.4, -0.2) is 85.3 Å². The summed E-state index contributed by atoms with van der Waals surface area (Å²) in [6.45, 7) is -0.806. The van der Waals surface area contributed by atoms with Crippen molar-refractivity contribution in [1.29, 1.82) is 0 Å². The van der Waals surface area contributed by atoms with E-state index < -0.39 is 69.3 Å². The third-order valence-electron chi connectivity index (χ3n) is 4.52. The Hall–Kier alpha value is -0.890. The molecule has 1 fully saturated rings. The van der Waals surface area contributed by atoms with Crippen molar-refractivity contribution in [2.24, 2.45) is 0 Å². The monoisotopic (exact) mass is 473 g/mol. The summed E-state index contributed by atoms with van der Waals surface area (Å²) in [5.74, 6) is -2.08. The number of carbonyl (C=O) groups is 2. The van der Waals surface area contributed by atoms with E-state index in [9.17, 15) is 34.6 Å². The number of aliphatic carboxylic acids is 1. The molecular formula is C17H25NNaO11P. The van der Waals surface area contributed by atoms with Crippen molar-refractivity contribution in [2.75, 3.05) is 6.61 Å². The van der Waals surface area contributed by atoms with Crippen LogP contribution in [0.15, 0.2) is 30.3 Å². The number of carboxylic acid groups (broad SMARTS) is 1. The molecule has 1 saturated heterocycles. The molecule has 170 valence electrons. The Morgan fingerprint density at radius 2 is 1.68 bits per heavy atom. The summed E-state index contributed by atoms with van der Waals surface area (Å²) in [6, 6.07) is 7.32. The predicted octanol–water partition coefficient (Wildman–Crippen LogP) is -4.74. The topological polar surface area (TPSA) is 203 Å². The van der Waals surface area contributed by atoms with Gasteiger partial charge in [-0.05, 0) is 5.56 Å². The number of rotatable bonds is 9. The van der Waals surface area contributed by atoms with Crippen LogP contribution in [0.1, 0.15) is 13.4 Å². The molecular weight excluding hydrogens is 448 g/mol. The van der Waals surface area contributed by atoms with Crippen molar-refractivity contribution in [3.63, 3.8) is 0 Å². The maximum absolute atomic E-state index is 12.3. The first kappa shape index (κ1) is 28.1. The van der Waals surface area contributed by atoms with Crippen LogP contribution in [0.5, 0.6) is 0 Å². The van der Waals surface area contributed by atoms with Gasteiger partial charge in [-0.2, -0.15) is 0 Å². The molecule has 1 aliphatic rings. The van der Waals surface area contributed by atoms with Gasteiger partial charge in [-0.1, -0.05) is 30.3 Å². The smallest absolute Gasteiger partial charge is 1.00 e. The molecule has 12 nitrogen and oxygen atoms in total. The van der Waals surface area contributed by atoms with Crippen molar-refractivity contribution in [3.8, 4) is 0 Å². The number of phosphoric ester groups is 1. The van der Waals surface area contributed by atoms with Crippen LogP contribution >= 0.6 is 7.82 Å². The summed E-state index contributed by atoms with van der Waals surface area (Å²) in [4.78, 5) is 41.3. The number of nitrogens with one attached hydrogen (secondary N) is 1. The van der Waals surface area contributed by atoms with Gasteiger partial charge in [-0.3, -0.25) is 9.32 Å². The second-order valence-corrected chi connectivity index (χ2v) is 8.06. The minimum absolute atomic E-state index is 0. The van der Waals surface area contributed by atoms with Crippen LogP contribution in [0, 0.1) is 0 Å². The second-order valence-electron chi connectivity index (χ2n) is 6.82. The first-order chi connectivity index (χ1) is 14.0. The van der Waals surface area contributed by atoms with E-state index in [-0.39, 0.29) is 37.4 Å². The summed E-state index contributed by atoms with van der Waals surface area (Å²) in [6.07, 6.45) is -8.58. The minimum Gasteiger partial charge on any atom is -1.00 e. The van der Waals surface area contributed by atoms with Crippen LogP contribution < -0.4 is 34.9 Å². The number of carbonyl (C=O) groups excluding carboxylic acids is 1. The van der Waals surface area contributed by atoms with Gasteiger partial charge >= 0.3 is 43.3 Å². The van der Waals surface area contributed by atoms with Gasteiger partial charge in [0.05, 0.1) is 19.1 Å². The van der Waals surface area contributed by atoms with Gasteiger partial charge < -0.3 is 41.7 Å². The zero-order valence-corrected chi connectivity index (χ0v) is 19.5. The van der Waals surface area contributed by atoms with Gasteiger partial charge in [0, 0.05) is 6.42 Å². The number of ether oxygens (including phenoxy) is 1. The zero-order valence-electron chi connectivity index (χ0n) is 17.6. The molecule has 0 aromatic heterocycles. The summed E-state index contributed by atoms with van der Waals surface area (Å²) in [7, 11) is -4.88. The van der Waals surface area contributed by atoms with Crippen molar-refractivity contribution in [3.05, 3.63) is 35.9 Å². The number of aliphatic hydroxyl groups is 3. The maximum Gasteiger partial charge on any atom is 1.00 e. The molecule has 7 N–H and O–H groups in total. The Balaban J connectivity index is 0.00000480. The Kier molecular flexibility index (Phi) is 11.2. The molecule has 2 rings (SSSR count). The van der Waals surface area contributed by atoms with Gasteiger partial charge in [0.15, 0.2) is 0 Å². The van der Waals surface area contributed by atoms with Crippen LogP contribution in [0.3, 0.4) is 0 Å². The van der Waals surface area contributed by atoms with E-state index in [1.807, 2.05) is 0 Å². The van der Waals surface area contributed by atoms with Crippen LogP contribution in [-0.2, 0) is 29.8 Å². The van der Waals surface area contributed by atoms with Crippen LogP contribution in [0.2, 0.25) is 0 Å². The van der Waals surface area contributed by atoms with E-state index >= 15 is 0 Å². The molecule has 14 heteroatoms. The molecule has 0 bridgehead atoms. The van der Waals surface area contributed by atoms with Gasteiger partial charge in [-0.15, -0.1) is 0 Å². The van der Waals surface area contributed by atoms with E-state index in [1.165, 1.54) is 0 Å². The second kappa shape index (κ2) is 12.4. The van der Waals surface area contributed by atoms with Gasteiger partial charge in [0.1, 0.15) is 30.5 Å². The molecule has 6 unspecified atom stereocenters. The summed E-state index contributed by atoms with van der Waals surface area (Å²) < 4.78 is 20.3. The van der Waals surface area contributed by atoms with E-state index in [0.29, 0.717) is 5.56 Å². The van der Waals surface area contributed by atoms with Crippen molar-refractivity contribution < 1.29 is 84.6 Å². The molecule has 0 saturated carbocycles. The quantitative estimate of drug-likeness (QED) is 0.134. The number of hydrogen-bond donors (Lipinski definition) is 7. The molecule has 0 spiro atoms. The minimum atomic E-state index is -4.88. The number of hydrogen-bond acceptors (Lipinski definition) is 8. The number of amides is 1. The fraction of sp³-hybridized carbons (Fsp3) is 0.529. The van der Waals surface area contributed by atoms with Crippen molar-refractivity contribution in [2.45, 2.75) is 49.4 Å². The van der Waals surface area contributed by atoms with Gasteiger partial charge in [0.25, 0.3) is 0 Å². The number of phosphoric acid groups is 1. The normalized spacial score (nSPS) is 27.1. The number of aliphatic hydroxyl groups excluding tert-OH is 3. The molecule has 1 aromatic rings. The Morgan fingerprint density at radius 1 is 1.10 bits per heavy atom. The van der Waals surface area contributed by atoms with Crippen LogP contribution in [0.25, 0.3) is 0 Å². The Labute approximate surface area is 201 Å². The molecule has 1 aromatic carbocycles. The number of benzene rings is 1. The van der Waals surface area contributed by atoms with Crippen LogP contribution in [0.4, 0.5) is 0 Å². The van der Waals surface area contributed by atoms with Crippen molar-refractivity contribution >= 4 is 19.7 Å². The predicted molar refractivity (Wildman–Crippen MR) is 100 cm³/mol. The third kappa shape index (κ3) is 8.87. The first-order valence-electron chi connectivity index (χ1n) is 8.93. The molecule has 0 aliphatic carbocycles. The summed E-state index contributed by atoms with van der Waals surface area (Å²) in [5, 5.41) is 41.5. The molecule has 0 radical (unpaired) electrons. The maximum atomic E-state index is 12.3. The van der Waals surface area contributed by atoms with Gasteiger partial charge in [-0.25, -0.2) is 9.36 Å². The fourth-order valence-corrected chi connectivity index (χ4v) is 3.33. The van der Waals surface area contributed by atoms with E-state index in [4.69, 9.17) is 14.5 Å². The average Bonchev–Trinajstić information content (AvgIpc) is 2.67.